The van der Waals surface area contributed by atoms with Crippen LogP contribution in [0.25, 0.3) is 0 Å². The van der Waals surface area contributed by atoms with Gasteiger partial charge in [0.2, 0.25) is 0 Å². The predicted molar refractivity (Wildman–Crippen MR) is 86.2 cm³/mol. The Morgan fingerprint density at radius 2 is 1.75 bits per heavy atom. The lowest BCUT2D eigenvalue weighted by atomic mass is 9.99. The summed E-state index contributed by atoms with van der Waals surface area (Å²) < 4.78 is 1.08. The van der Waals surface area contributed by atoms with Gasteiger partial charge in [-0.2, -0.15) is 0 Å². The Bertz CT molecular complexity index is 525. The van der Waals surface area contributed by atoms with Crippen molar-refractivity contribution in [1.82, 2.24) is 9.88 Å². The van der Waals surface area contributed by atoms with Crippen LogP contribution in [0.3, 0.4) is 0 Å². The predicted octanol–water partition coefficient (Wildman–Crippen LogP) is 3.36. The third kappa shape index (κ3) is 3.88. The van der Waals surface area contributed by atoms with Crippen LogP contribution in [0.15, 0.2) is 53.3 Å². The van der Waals surface area contributed by atoms with Gasteiger partial charge in [-0.05, 0) is 49.4 Å². The SMILES string of the molecule is CC(N)C(c1ccc(Br)cc1)N(C)Cc1ccncc1. The van der Waals surface area contributed by atoms with E-state index >= 15 is 0 Å². The smallest absolute Gasteiger partial charge is 0.0496 e. The van der Waals surface area contributed by atoms with Gasteiger partial charge in [0.15, 0.2) is 0 Å². The second kappa shape index (κ2) is 6.97. The zero-order valence-corrected chi connectivity index (χ0v) is 13.4. The van der Waals surface area contributed by atoms with Crippen LogP contribution < -0.4 is 5.73 Å². The van der Waals surface area contributed by atoms with Crippen molar-refractivity contribution in [2.45, 2.75) is 25.6 Å². The number of hydrogen-bond acceptors (Lipinski definition) is 3. The van der Waals surface area contributed by atoms with Crippen LogP contribution in [-0.4, -0.2) is 23.0 Å². The first kappa shape index (κ1) is 15.2. The highest BCUT2D eigenvalue weighted by Gasteiger charge is 2.21. The highest BCUT2D eigenvalue weighted by molar-refractivity contribution is 9.10. The number of hydrogen-bond donors (Lipinski definition) is 1. The molecule has 2 N–H and O–H groups in total. The minimum atomic E-state index is 0.0583. The van der Waals surface area contributed by atoms with E-state index in [4.69, 9.17) is 5.73 Å². The molecule has 0 aliphatic carbocycles. The molecule has 2 unspecified atom stereocenters. The van der Waals surface area contributed by atoms with Gasteiger partial charge >= 0.3 is 0 Å². The van der Waals surface area contributed by atoms with Gasteiger partial charge in [0.25, 0.3) is 0 Å². The van der Waals surface area contributed by atoms with E-state index in [1.165, 1.54) is 11.1 Å². The van der Waals surface area contributed by atoms with Crippen molar-refractivity contribution in [3.05, 3.63) is 64.4 Å². The largest absolute Gasteiger partial charge is 0.326 e. The highest BCUT2D eigenvalue weighted by Crippen LogP contribution is 2.25. The van der Waals surface area contributed by atoms with E-state index in [0.29, 0.717) is 0 Å². The molecule has 0 spiro atoms. The Labute approximate surface area is 129 Å². The maximum absolute atomic E-state index is 6.20. The van der Waals surface area contributed by atoms with E-state index in [0.717, 1.165) is 11.0 Å². The van der Waals surface area contributed by atoms with Crippen LogP contribution in [0.5, 0.6) is 0 Å². The van der Waals surface area contributed by atoms with Crippen molar-refractivity contribution in [2.24, 2.45) is 5.73 Å². The molecule has 20 heavy (non-hydrogen) atoms. The quantitative estimate of drug-likeness (QED) is 0.912. The van der Waals surface area contributed by atoms with Crippen molar-refractivity contribution in [2.75, 3.05) is 7.05 Å². The van der Waals surface area contributed by atoms with E-state index in [1.54, 1.807) is 0 Å². The first-order valence-corrected chi connectivity index (χ1v) is 7.47. The molecule has 0 radical (unpaired) electrons. The van der Waals surface area contributed by atoms with Gasteiger partial charge in [0.1, 0.15) is 0 Å². The average Bonchev–Trinajstić information content (AvgIpc) is 2.42. The summed E-state index contributed by atoms with van der Waals surface area (Å²) in [6, 6.07) is 12.7. The van der Waals surface area contributed by atoms with Crippen molar-refractivity contribution in [3.63, 3.8) is 0 Å². The number of halogens is 1. The second-order valence-electron chi connectivity index (χ2n) is 5.13. The minimum absolute atomic E-state index is 0.0583. The summed E-state index contributed by atoms with van der Waals surface area (Å²) >= 11 is 3.47. The summed E-state index contributed by atoms with van der Waals surface area (Å²) in [7, 11) is 2.11. The number of aromatic nitrogens is 1. The Balaban J connectivity index is 2.18. The van der Waals surface area contributed by atoms with Gasteiger partial charge in [-0.15, -0.1) is 0 Å². The molecule has 4 heteroatoms. The Morgan fingerprint density at radius 3 is 2.30 bits per heavy atom. The van der Waals surface area contributed by atoms with E-state index in [9.17, 15) is 0 Å². The number of nitrogens with zero attached hydrogens (tertiary/aromatic N) is 2. The molecule has 3 nitrogen and oxygen atoms in total. The molecule has 2 aromatic rings. The molecule has 0 fully saturated rings. The minimum Gasteiger partial charge on any atom is -0.326 e. The molecular formula is C16H20BrN3. The zero-order valence-electron chi connectivity index (χ0n) is 11.8. The Kier molecular flexibility index (Phi) is 5.29. The molecule has 1 aromatic heterocycles. The van der Waals surface area contributed by atoms with Crippen molar-refractivity contribution >= 4 is 15.9 Å². The third-order valence-corrected chi connectivity index (χ3v) is 3.89. The summed E-state index contributed by atoms with van der Waals surface area (Å²) in [4.78, 5) is 6.33. The monoisotopic (exact) mass is 333 g/mol. The van der Waals surface area contributed by atoms with Crippen LogP contribution in [-0.2, 0) is 6.54 Å². The summed E-state index contributed by atoms with van der Waals surface area (Å²) in [6.45, 7) is 2.90. The molecule has 2 atom stereocenters. The van der Waals surface area contributed by atoms with E-state index < -0.39 is 0 Å². The number of pyridine rings is 1. The summed E-state index contributed by atoms with van der Waals surface area (Å²) in [5.41, 5.74) is 8.67. The van der Waals surface area contributed by atoms with Gasteiger partial charge in [-0.1, -0.05) is 28.1 Å². The molecule has 1 heterocycles. The number of benzene rings is 1. The topological polar surface area (TPSA) is 42.1 Å². The van der Waals surface area contributed by atoms with Gasteiger partial charge < -0.3 is 5.73 Å². The standard InChI is InChI=1S/C16H20BrN3/c1-12(18)16(14-3-5-15(17)6-4-14)20(2)11-13-7-9-19-10-8-13/h3-10,12,16H,11,18H2,1-2H3. The first-order valence-electron chi connectivity index (χ1n) is 6.68. The third-order valence-electron chi connectivity index (χ3n) is 3.37. The van der Waals surface area contributed by atoms with Crippen LogP contribution in [0.1, 0.15) is 24.1 Å². The van der Waals surface area contributed by atoms with E-state index in [1.807, 2.05) is 24.5 Å². The lowest BCUT2D eigenvalue weighted by Gasteiger charge is -2.31. The van der Waals surface area contributed by atoms with E-state index in [-0.39, 0.29) is 12.1 Å². The van der Waals surface area contributed by atoms with Gasteiger partial charge in [-0.25, -0.2) is 0 Å². The molecule has 0 saturated heterocycles. The molecule has 106 valence electrons. The Morgan fingerprint density at radius 1 is 1.15 bits per heavy atom. The maximum Gasteiger partial charge on any atom is 0.0496 e. The van der Waals surface area contributed by atoms with Crippen molar-refractivity contribution < 1.29 is 0 Å². The maximum atomic E-state index is 6.20. The van der Waals surface area contributed by atoms with Gasteiger partial charge in [0, 0.05) is 35.5 Å². The number of nitrogens with two attached hydrogens (primary N) is 1. The lowest BCUT2D eigenvalue weighted by molar-refractivity contribution is 0.211. The van der Waals surface area contributed by atoms with Crippen molar-refractivity contribution in [3.8, 4) is 0 Å². The zero-order chi connectivity index (χ0) is 14.5. The molecule has 0 saturated carbocycles. The molecule has 2 rings (SSSR count). The number of rotatable bonds is 5. The van der Waals surface area contributed by atoms with Crippen LogP contribution in [0.2, 0.25) is 0 Å². The highest BCUT2D eigenvalue weighted by atomic mass is 79.9. The fourth-order valence-corrected chi connectivity index (χ4v) is 2.76. The van der Waals surface area contributed by atoms with Crippen LogP contribution >= 0.6 is 15.9 Å². The fraction of sp³-hybridized carbons (Fsp3) is 0.312. The summed E-state index contributed by atoms with van der Waals surface area (Å²) in [5, 5.41) is 0. The molecule has 0 bridgehead atoms. The molecular weight excluding hydrogens is 314 g/mol. The molecule has 0 aliphatic heterocycles. The summed E-state index contributed by atoms with van der Waals surface area (Å²) in [6.07, 6.45) is 3.65. The second-order valence-corrected chi connectivity index (χ2v) is 6.04. The van der Waals surface area contributed by atoms with Crippen LogP contribution in [0, 0.1) is 0 Å². The first-order chi connectivity index (χ1) is 9.58. The van der Waals surface area contributed by atoms with E-state index in [2.05, 4.69) is 64.1 Å². The van der Waals surface area contributed by atoms with Gasteiger partial charge in [0.05, 0.1) is 0 Å². The van der Waals surface area contributed by atoms with Gasteiger partial charge in [-0.3, -0.25) is 9.88 Å². The fourth-order valence-electron chi connectivity index (χ4n) is 2.49. The molecule has 0 amide bonds. The Hall–Kier alpha value is -1.23. The lowest BCUT2D eigenvalue weighted by Crippen LogP contribution is -2.36. The van der Waals surface area contributed by atoms with Crippen LogP contribution in [0.4, 0.5) is 0 Å². The summed E-state index contributed by atoms with van der Waals surface area (Å²) in [5.74, 6) is 0. The normalized spacial score (nSPS) is 14.2. The molecule has 0 aliphatic rings. The number of likely N-dealkylation sites (N-methyl/N-ethyl adjacent to an activating group) is 1. The van der Waals surface area contributed by atoms with Crippen molar-refractivity contribution in [1.29, 1.82) is 0 Å². The average molecular weight is 334 g/mol. The molecule has 1 aromatic carbocycles.